The van der Waals surface area contributed by atoms with Crippen molar-refractivity contribution in [3.8, 4) is 0 Å². The van der Waals surface area contributed by atoms with Gasteiger partial charge < -0.3 is 10.0 Å². The molecule has 2 fully saturated rings. The summed E-state index contributed by atoms with van der Waals surface area (Å²) in [4.78, 5) is 13.5. The molecule has 2 rings (SSSR count). The third-order valence-corrected chi connectivity index (χ3v) is 3.61. The number of hydrogen-bond acceptors (Lipinski definition) is 2. The zero-order chi connectivity index (χ0) is 10.3. The lowest BCUT2D eigenvalue weighted by Crippen LogP contribution is -2.65. The van der Waals surface area contributed by atoms with Crippen LogP contribution in [0.1, 0.15) is 33.1 Å². The van der Waals surface area contributed by atoms with Crippen molar-refractivity contribution in [2.24, 2.45) is 11.8 Å². The molecule has 1 saturated carbocycles. The maximum atomic E-state index is 11.7. The Kier molecular flexibility index (Phi) is 2.30. The van der Waals surface area contributed by atoms with E-state index in [9.17, 15) is 9.90 Å². The van der Waals surface area contributed by atoms with Gasteiger partial charge in [-0.2, -0.15) is 0 Å². The molecule has 0 spiro atoms. The Morgan fingerprint density at radius 1 is 1.57 bits per heavy atom. The van der Waals surface area contributed by atoms with E-state index in [1.807, 2.05) is 13.8 Å². The molecule has 0 bridgehead atoms. The van der Waals surface area contributed by atoms with Crippen LogP contribution in [0.3, 0.4) is 0 Å². The monoisotopic (exact) mass is 197 g/mol. The highest BCUT2D eigenvalue weighted by Crippen LogP contribution is 2.44. The molecular weight excluding hydrogens is 178 g/mol. The van der Waals surface area contributed by atoms with E-state index >= 15 is 0 Å². The van der Waals surface area contributed by atoms with E-state index in [1.165, 1.54) is 0 Å². The van der Waals surface area contributed by atoms with Gasteiger partial charge in [-0.3, -0.25) is 4.79 Å². The van der Waals surface area contributed by atoms with Crippen LogP contribution in [0.5, 0.6) is 0 Å². The van der Waals surface area contributed by atoms with Crippen molar-refractivity contribution in [1.29, 1.82) is 0 Å². The molecule has 3 nitrogen and oxygen atoms in total. The lowest BCUT2D eigenvalue weighted by atomic mass is 9.87. The van der Waals surface area contributed by atoms with Crippen molar-refractivity contribution < 1.29 is 9.90 Å². The summed E-state index contributed by atoms with van der Waals surface area (Å²) in [6.45, 7) is 5.12. The first kappa shape index (κ1) is 9.97. The highest BCUT2D eigenvalue weighted by molar-refractivity contribution is 5.79. The predicted molar refractivity (Wildman–Crippen MR) is 53.7 cm³/mol. The zero-order valence-electron chi connectivity index (χ0n) is 8.99. The Labute approximate surface area is 85.1 Å². The molecular formula is C11H19NO2. The summed E-state index contributed by atoms with van der Waals surface area (Å²) in [6.07, 6.45) is 3.17. The van der Waals surface area contributed by atoms with Gasteiger partial charge in [-0.05, 0) is 25.2 Å². The van der Waals surface area contributed by atoms with Gasteiger partial charge in [0.25, 0.3) is 0 Å². The first-order valence-corrected chi connectivity index (χ1v) is 5.58. The van der Waals surface area contributed by atoms with Gasteiger partial charge in [-0.25, -0.2) is 0 Å². The van der Waals surface area contributed by atoms with E-state index in [4.69, 9.17) is 0 Å². The average molecular weight is 197 g/mol. The molecule has 1 saturated heterocycles. The Morgan fingerprint density at radius 3 is 2.57 bits per heavy atom. The van der Waals surface area contributed by atoms with Crippen LogP contribution in [-0.2, 0) is 4.79 Å². The smallest absolute Gasteiger partial charge is 0.225 e. The fraction of sp³-hybridized carbons (Fsp3) is 0.909. The summed E-state index contributed by atoms with van der Waals surface area (Å²) in [7, 11) is 0. The lowest BCUT2D eigenvalue weighted by molar-refractivity contribution is -0.162. The van der Waals surface area contributed by atoms with E-state index in [1.54, 1.807) is 4.90 Å². The summed E-state index contributed by atoms with van der Waals surface area (Å²) in [5.74, 6) is 0.792. The van der Waals surface area contributed by atoms with Crippen molar-refractivity contribution in [2.45, 2.75) is 38.7 Å². The fourth-order valence-electron chi connectivity index (χ4n) is 2.14. The van der Waals surface area contributed by atoms with Gasteiger partial charge in [-0.1, -0.05) is 13.8 Å². The van der Waals surface area contributed by atoms with Gasteiger partial charge in [0.15, 0.2) is 0 Å². The lowest BCUT2D eigenvalue weighted by Gasteiger charge is -2.47. The van der Waals surface area contributed by atoms with Gasteiger partial charge >= 0.3 is 0 Å². The summed E-state index contributed by atoms with van der Waals surface area (Å²) in [5, 5.41) is 10.0. The van der Waals surface area contributed by atoms with Gasteiger partial charge in [0, 0.05) is 5.92 Å². The summed E-state index contributed by atoms with van der Waals surface area (Å²) in [6, 6.07) is 0. The van der Waals surface area contributed by atoms with Gasteiger partial charge in [-0.15, -0.1) is 0 Å². The SMILES string of the molecule is CCC(C)C(=O)N1CC(O)(C2CC2)C1. The molecule has 80 valence electrons. The van der Waals surface area contributed by atoms with E-state index in [-0.39, 0.29) is 11.8 Å². The Hall–Kier alpha value is -0.570. The van der Waals surface area contributed by atoms with Gasteiger partial charge in [0.2, 0.25) is 5.91 Å². The molecule has 1 N–H and O–H groups in total. The van der Waals surface area contributed by atoms with Crippen LogP contribution in [0.25, 0.3) is 0 Å². The van der Waals surface area contributed by atoms with E-state index < -0.39 is 5.60 Å². The maximum Gasteiger partial charge on any atom is 0.225 e. The number of rotatable bonds is 3. The number of amides is 1. The number of carbonyl (C=O) groups excluding carboxylic acids is 1. The van der Waals surface area contributed by atoms with Crippen molar-refractivity contribution in [1.82, 2.24) is 4.90 Å². The molecule has 0 aromatic carbocycles. The van der Waals surface area contributed by atoms with Gasteiger partial charge in [0.1, 0.15) is 5.60 Å². The molecule has 1 amide bonds. The first-order chi connectivity index (χ1) is 6.57. The van der Waals surface area contributed by atoms with E-state index in [0.29, 0.717) is 19.0 Å². The van der Waals surface area contributed by atoms with Crippen LogP contribution in [0.15, 0.2) is 0 Å². The number of β-amino-alcohol motifs (C(OH)–C–C–N with tert-alkyl or cyclic N) is 1. The van der Waals surface area contributed by atoms with Crippen molar-refractivity contribution in [3.63, 3.8) is 0 Å². The second-order valence-electron chi connectivity index (χ2n) is 4.88. The molecule has 0 aromatic rings. The summed E-state index contributed by atoms with van der Waals surface area (Å²) < 4.78 is 0. The van der Waals surface area contributed by atoms with Crippen LogP contribution in [0.2, 0.25) is 0 Å². The highest BCUT2D eigenvalue weighted by Gasteiger charge is 2.53. The van der Waals surface area contributed by atoms with Crippen molar-refractivity contribution in [2.75, 3.05) is 13.1 Å². The van der Waals surface area contributed by atoms with Crippen LogP contribution in [-0.4, -0.2) is 34.6 Å². The second kappa shape index (κ2) is 3.23. The third kappa shape index (κ3) is 1.54. The third-order valence-electron chi connectivity index (χ3n) is 3.61. The molecule has 1 unspecified atom stereocenters. The van der Waals surface area contributed by atoms with Crippen molar-refractivity contribution in [3.05, 3.63) is 0 Å². The predicted octanol–water partition coefficient (Wildman–Crippen LogP) is 1.02. The normalized spacial score (nSPS) is 26.9. The Morgan fingerprint density at radius 2 is 2.14 bits per heavy atom. The summed E-state index contributed by atoms with van der Waals surface area (Å²) in [5.41, 5.74) is -0.525. The van der Waals surface area contributed by atoms with E-state index in [0.717, 1.165) is 19.3 Å². The number of aliphatic hydroxyl groups is 1. The van der Waals surface area contributed by atoms with Crippen LogP contribution < -0.4 is 0 Å². The zero-order valence-corrected chi connectivity index (χ0v) is 8.99. The average Bonchev–Trinajstić information content (AvgIpc) is 2.93. The quantitative estimate of drug-likeness (QED) is 0.733. The van der Waals surface area contributed by atoms with Crippen molar-refractivity contribution >= 4 is 5.91 Å². The fourth-order valence-corrected chi connectivity index (χ4v) is 2.14. The second-order valence-corrected chi connectivity index (χ2v) is 4.88. The standard InChI is InChI=1S/C11H19NO2/c1-3-8(2)10(13)12-6-11(14,7-12)9-4-5-9/h8-9,14H,3-7H2,1-2H3. The molecule has 1 aliphatic carbocycles. The molecule has 1 heterocycles. The van der Waals surface area contributed by atoms with Crippen LogP contribution >= 0.6 is 0 Å². The largest absolute Gasteiger partial charge is 0.386 e. The minimum absolute atomic E-state index is 0.110. The molecule has 0 radical (unpaired) electrons. The molecule has 1 atom stereocenters. The Bertz CT molecular complexity index is 242. The molecule has 1 aliphatic heterocycles. The topological polar surface area (TPSA) is 40.5 Å². The number of carbonyl (C=O) groups is 1. The molecule has 0 aromatic heterocycles. The minimum atomic E-state index is -0.525. The van der Waals surface area contributed by atoms with Crippen LogP contribution in [0, 0.1) is 11.8 Å². The molecule has 2 aliphatic rings. The maximum absolute atomic E-state index is 11.7. The first-order valence-electron chi connectivity index (χ1n) is 5.58. The number of hydrogen-bond donors (Lipinski definition) is 1. The van der Waals surface area contributed by atoms with Crippen LogP contribution in [0.4, 0.5) is 0 Å². The van der Waals surface area contributed by atoms with E-state index in [2.05, 4.69) is 0 Å². The molecule has 3 heteroatoms. The Balaban J connectivity index is 1.84. The summed E-state index contributed by atoms with van der Waals surface area (Å²) >= 11 is 0. The molecule has 14 heavy (non-hydrogen) atoms. The number of likely N-dealkylation sites (tertiary alicyclic amines) is 1. The highest BCUT2D eigenvalue weighted by atomic mass is 16.3. The van der Waals surface area contributed by atoms with Gasteiger partial charge in [0.05, 0.1) is 13.1 Å². The minimum Gasteiger partial charge on any atom is -0.386 e. The number of nitrogens with zero attached hydrogens (tertiary/aromatic N) is 1.